The van der Waals surface area contributed by atoms with Crippen molar-refractivity contribution in [3.63, 3.8) is 0 Å². The molecule has 0 radical (unpaired) electrons. The molecule has 0 bridgehead atoms. The molecule has 2 aromatic rings. The maximum atomic E-state index is 13.5. The molecule has 0 fully saturated rings. The van der Waals surface area contributed by atoms with Gasteiger partial charge in [0, 0.05) is 24.2 Å². The number of rotatable bonds is 7. The van der Waals surface area contributed by atoms with Crippen LogP contribution in [0.15, 0.2) is 23.0 Å². The van der Waals surface area contributed by atoms with Gasteiger partial charge in [0.2, 0.25) is 0 Å². The second-order valence-corrected chi connectivity index (χ2v) is 8.44. The summed E-state index contributed by atoms with van der Waals surface area (Å²) in [6.45, 7) is 12.2. The number of benzene rings is 1. The zero-order valence-electron chi connectivity index (χ0n) is 17.9. The Morgan fingerprint density at radius 1 is 1.34 bits per heavy atom. The fraction of sp³-hybridized carbons (Fsp3) is 0.522. The van der Waals surface area contributed by atoms with Gasteiger partial charge in [0.25, 0.3) is 0 Å². The third kappa shape index (κ3) is 3.45. The van der Waals surface area contributed by atoms with E-state index in [0.717, 1.165) is 60.6 Å². The number of nitrogens with one attached hydrogen (secondary N) is 2. The Balaban J connectivity index is 1.74. The molecule has 4 rings (SSSR count). The number of fused-ring (bicyclic) bond motifs is 2. The third-order valence-corrected chi connectivity index (χ3v) is 6.24. The van der Waals surface area contributed by atoms with Crippen LogP contribution in [0, 0.1) is 0 Å². The molecule has 2 heterocycles. The van der Waals surface area contributed by atoms with Crippen molar-refractivity contribution in [2.45, 2.75) is 52.3 Å². The highest BCUT2D eigenvalue weighted by molar-refractivity contribution is 6.02. The normalized spacial score (nSPS) is 22.2. The number of anilines is 2. The standard InChI is InChI=1S/C23H32N4O2/c1-5-26(6-2)13-7-12-24-17-8-9-18-21-20(17)22(28)16-14-23(4,29)11-10-19(16)27(21)15(3)25-18/h8-11,15,24-25,29H,5-7,12-14H2,1-4H3. The van der Waals surface area contributed by atoms with Gasteiger partial charge in [-0.2, -0.15) is 0 Å². The van der Waals surface area contributed by atoms with Gasteiger partial charge in [-0.05, 0) is 58.1 Å². The number of hydrogen-bond acceptors (Lipinski definition) is 5. The Morgan fingerprint density at radius 3 is 2.83 bits per heavy atom. The van der Waals surface area contributed by atoms with Crippen LogP contribution >= 0.6 is 0 Å². The van der Waals surface area contributed by atoms with Crippen LogP contribution in [-0.4, -0.2) is 46.4 Å². The lowest BCUT2D eigenvalue weighted by Crippen LogP contribution is -2.33. The van der Waals surface area contributed by atoms with E-state index in [1.165, 1.54) is 0 Å². The number of aromatic nitrogens is 1. The molecule has 6 heteroatoms. The number of pyridine rings is 1. The molecule has 1 aromatic carbocycles. The molecule has 1 aromatic heterocycles. The molecule has 29 heavy (non-hydrogen) atoms. The van der Waals surface area contributed by atoms with Gasteiger partial charge in [0.1, 0.15) is 6.17 Å². The summed E-state index contributed by atoms with van der Waals surface area (Å²) in [4.78, 5) is 15.9. The number of hydrogen-bond donors (Lipinski definition) is 3. The van der Waals surface area contributed by atoms with Crippen molar-refractivity contribution >= 4 is 28.4 Å². The minimum atomic E-state index is -0.989. The van der Waals surface area contributed by atoms with E-state index in [1.54, 1.807) is 13.0 Å². The number of nitrogens with zero attached hydrogens (tertiary/aromatic N) is 2. The van der Waals surface area contributed by atoms with E-state index in [1.807, 2.05) is 12.1 Å². The first-order chi connectivity index (χ1) is 13.9. The quantitative estimate of drug-likeness (QED) is 0.626. The monoisotopic (exact) mass is 396 g/mol. The van der Waals surface area contributed by atoms with Crippen LogP contribution in [-0.2, 0) is 6.42 Å². The van der Waals surface area contributed by atoms with E-state index in [-0.39, 0.29) is 11.6 Å². The van der Waals surface area contributed by atoms with Crippen LogP contribution in [0.25, 0.3) is 17.0 Å². The molecular formula is C23H32N4O2. The van der Waals surface area contributed by atoms with Gasteiger partial charge in [0.15, 0.2) is 5.43 Å². The van der Waals surface area contributed by atoms with Crippen LogP contribution in [0.3, 0.4) is 0 Å². The topological polar surface area (TPSA) is 69.5 Å². The molecule has 3 N–H and O–H groups in total. The summed E-state index contributed by atoms with van der Waals surface area (Å²) >= 11 is 0. The molecule has 2 unspecified atom stereocenters. The lowest BCUT2D eigenvalue weighted by Gasteiger charge is -2.27. The second kappa shape index (κ2) is 7.50. The van der Waals surface area contributed by atoms with Gasteiger partial charge in [-0.25, -0.2) is 0 Å². The van der Waals surface area contributed by atoms with Crippen molar-refractivity contribution in [3.05, 3.63) is 39.7 Å². The largest absolute Gasteiger partial charge is 0.386 e. The molecule has 0 spiro atoms. The minimum Gasteiger partial charge on any atom is -0.386 e. The molecule has 2 aliphatic rings. The highest BCUT2D eigenvalue weighted by Gasteiger charge is 2.32. The first-order valence-corrected chi connectivity index (χ1v) is 10.7. The molecule has 0 saturated carbocycles. The maximum Gasteiger partial charge on any atom is 0.195 e. The molecule has 6 nitrogen and oxygen atoms in total. The van der Waals surface area contributed by atoms with Crippen LogP contribution in [0.5, 0.6) is 0 Å². The van der Waals surface area contributed by atoms with Crippen LogP contribution in [0.4, 0.5) is 11.4 Å². The zero-order chi connectivity index (χ0) is 20.8. The first-order valence-electron chi connectivity index (χ1n) is 10.7. The van der Waals surface area contributed by atoms with E-state index in [0.29, 0.717) is 12.0 Å². The summed E-state index contributed by atoms with van der Waals surface area (Å²) in [6.07, 6.45) is 5.12. The van der Waals surface area contributed by atoms with E-state index in [2.05, 4.69) is 46.9 Å². The van der Waals surface area contributed by atoms with Gasteiger partial charge in [-0.15, -0.1) is 0 Å². The molecule has 2 atom stereocenters. The highest BCUT2D eigenvalue weighted by atomic mass is 16.3. The molecule has 156 valence electrons. The Hall–Kier alpha value is -2.31. The average Bonchev–Trinajstić information content (AvgIpc) is 3.02. The van der Waals surface area contributed by atoms with Crippen molar-refractivity contribution in [1.82, 2.24) is 9.47 Å². The van der Waals surface area contributed by atoms with Gasteiger partial charge in [-0.3, -0.25) is 4.79 Å². The van der Waals surface area contributed by atoms with E-state index in [9.17, 15) is 9.90 Å². The van der Waals surface area contributed by atoms with Crippen LogP contribution in [0.2, 0.25) is 0 Å². The summed E-state index contributed by atoms with van der Waals surface area (Å²) in [7, 11) is 0. The van der Waals surface area contributed by atoms with Crippen LogP contribution < -0.4 is 16.1 Å². The third-order valence-electron chi connectivity index (χ3n) is 6.24. The highest BCUT2D eigenvalue weighted by Crippen LogP contribution is 2.39. The average molecular weight is 397 g/mol. The Bertz CT molecular complexity index is 1020. The molecule has 0 amide bonds. The Kier molecular flexibility index (Phi) is 5.17. The van der Waals surface area contributed by atoms with E-state index in [4.69, 9.17) is 0 Å². The number of aliphatic hydroxyl groups is 1. The smallest absolute Gasteiger partial charge is 0.195 e. The minimum absolute atomic E-state index is 0.0277. The summed E-state index contributed by atoms with van der Waals surface area (Å²) in [5.74, 6) is 0. The summed E-state index contributed by atoms with van der Waals surface area (Å²) in [6, 6.07) is 4.07. The van der Waals surface area contributed by atoms with E-state index >= 15 is 0 Å². The van der Waals surface area contributed by atoms with Gasteiger partial charge >= 0.3 is 0 Å². The summed E-state index contributed by atoms with van der Waals surface area (Å²) in [5, 5.41) is 18.3. The predicted octanol–water partition coefficient (Wildman–Crippen LogP) is 3.41. The van der Waals surface area contributed by atoms with Gasteiger partial charge in [-0.1, -0.05) is 19.9 Å². The molecule has 0 saturated heterocycles. The molecule has 1 aliphatic carbocycles. The molecule has 1 aliphatic heterocycles. The van der Waals surface area contributed by atoms with Crippen molar-refractivity contribution < 1.29 is 5.11 Å². The predicted molar refractivity (Wildman–Crippen MR) is 121 cm³/mol. The van der Waals surface area contributed by atoms with Crippen LogP contribution in [0.1, 0.15) is 51.5 Å². The zero-order valence-corrected chi connectivity index (χ0v) is 17.9. The SMILES string of the molecule is CCN(CC)CCCNc1ccc2c3c1c(=O)c1c(n3C(C)N2)C=CC(C)(O)C1. The summed E-state index contributed by atoms with van der Waals surface area (Å²) in [5.41, 5.74) is 3.48. The van der Waals surface area contributed by atoms with Gasteiger partial charge in [0.05, 0.1) is 27.9 Å². The fourth-order valence-electron chi connectivity index (χ4n) is 4.65. The maximum absolute atomic E-state index is 13.5. The Labute approximate surface area is 172 Å². The fourth-order valence-corrected chi connectivity index (χ4v) is 4.65. The van der Waals surface area contributed by atoms with Crippen molar-refractivity contribution in [1.29, 1.82) is 0 Å². The van der Waals surface area contributed by atoms with E-state index < -0.39 is 5.60 Å². The van der Waals surface area contributed by atoms with Crippen molar-refractivity contribution in [2.24, 2.45) is 0 Å². The Morgan fingerprint density at radius 2 is 2.10 bits per heavy atom. The first kappa shape index (κ1) is 20.0. The molecular weight excluding hydrogens is 364 g/mol. The van der Waals surface area contributed by atoms with Crippen molar-refractivity contribution in [2.75, 3.05) is 36.8 Å². The lowest BCUT2D eigenvalue weighted by atomic mass is 9.88. The van der Waals surface area contributed by atoms with Crippen molar-refractivity contribution in [3.8, 4) is 0 Å². The lowest BCUT2D eigenvalue weighted by molar-refractivity contribution is 0.111. The summed E-state index contributed by atoms with van der Waals surface area (Å²) < 4.78 is 2.20. The second-order valence-electron chi connectivity index (χ2n) is 8.44. The van der Waals surface area contributed by atoms with Gasteiger partial charge < -0.3 is 25.2 Å².